The lowest BCUT2D eigenvalue weighted by atomic mass is 9.67. The maximum atomic E-state index is 6.64. The predicted octanol–water partition coefficient (Wildman–Crippen LogP) is 15.7. The zero-order valence-corrected chi connectivity index (χ0v) is 33.7. The second kappa shape index (κ2) is 13.4. The molecule has 2 aromatic heterocycles. The number of hydrogen-bond donors (Lipinski definition) is 0. The van der Waals surface area contributed by atoms with Crippen molar-refractivity contribution < 1.29 is 4.42 Å². The van der Waals surface area contributed by atoms with Crippen LogP contribution in [0.1, 0.15) is 22.3 Å². The number of aromatic nitrogens is 1. The summed E-state index contributed by atoms with van der Waals surface area (Å²) in [6.45, 7) is 0. The van der Waals surface area contributed by atoms with Crippen LogP contribution in [0.4, 0.5) is 17.1 Å². The summed E-state index contributed by atoms with van der Waals surface area (Å²) in [5.41, 5.74) is 15.5. The third-order valence-electron chi connectivity index (χ3n) is 13.2. The number of benzene rings is 10. The van der Waals surface area contributed by atoms with Crippen molar-refractivity contribution in [1.82, 2.24) is 4.57 Å². The standard InChI is InChI=1S/C59H38N2O/c1-3-15-40(16-4-1)59(41-17-5-2-6-18-41)53-23-11-7-19-46(53)47-36-34-45(38-54(47)59)60(44-29-27-39-28-35-51-50-22-10-14-26-57(50)62-58(51)52(39)37-44)42-30-32-43(33-31-42)61-55-24-12-8-20-48(55)49-21-9-13-25-56(49)61/h1-38H. The molecule has 62 heavy (non-hydrogen) atoms. The largest absolute Gasteiger partial charge is 0.455 e. The van der Waals surface area contributed by atoms with Crippen molar-refractivity contribution in [3.8, 4) is 16.8 Å². The molecular formula is C59H38N2O. The summed E-state index contributed by atoms with van der Waals surface area (Å²) >= 11 is 0. The number of para-hydroxylation sites is 3. The minimum Gasteiger partial charge on any atom is -0.455 e. The van der Waals surface area contributed by atoms with Crippen LogP contribution in [0.25, 0.3) is 71.3 Å². The highest BCUT2D eigenvalue weighted by Crippen LogP contribution is 2.57. The molecular weight excluding hydrogens is 753 g/mol. The van der Waals surface area contributed by atoms with E-state index in [0.29, 0.717) is 0 Å². The van der Waals surface area contributed by atoms with Gasteiger partial charge in [0.15, 0.2) is 0 Å². The van der Waals surface area contributed by atoms with Crippen molar-refractivity contribution in [2.45, 2.75) is 5.41 Å². The highest BCUT2D eigenvalue weighted by Gasteiger charge is 2.46. The fraction of sp³-hybridized carbons (Fsp3) is 0.0169. The molecule has 0 aliphatic heterocycles. The zero-order chi connectivity index (χ0) is 40.8. The number of hydrogen-bond acceptors (Lipinski definition) is 2. The molecule has 0 amide bonds. The minimum atomic E-state index is -0.527. The lowest BCUT2D eigenvalue weighted by Gasteiger charge is -2.35. The fourth-order valence-corrected chi connectivity index (χ4v) is 10.6. The summed E-state index contributed by atoms with van der Waals surface area (Å²) in [5.74, 6) is 0. The molecule has 0 spiro atoms. The molecule has 0 unspecified atom stereocenters. The molecule has 0 radical (unpaired) electrons. The van der Waals surface area contributed by atoms with Gasteiger partial charge in [0.2, 0.25) is 0 Å². The van der Waals surface area contributed by atoms with Gasteiger partial charge in [-0.15, -0.1) is 0 Å². The summed E-state index contributed by atoms with van der Waals surface area (Å²) in [4.78, 5) is 2.42. The topological polar surface area (TPSA) is 21.3 Å². The molecule has 3 heteroatoms. The van der Waals surface area contributed by atoms with Gasteiger partial charge < -0.3 is 13.9 Å². The first-order valence-electron chi connectivity index (χ1n) is 21.3. The van der Waals surface area contributed by atoms with E-state index in [4.69, 9.17) is 4.42 Å². The van der Waals surface area contributed by atoms with Gasteiger partial charge in [-0.05, 0) is 112 Å². The van der Waals surface area contributed by atoms with Crippen molar-refractivity contribution in [2.24, 2.45) is 0 Å². The highest BCUT2D eigenvalue weighted by molar-refractivity contribution is 6.16. The van der Waals surface area contributed by atoms with Crippen LogP contribution in [-0.4, -0.2) is 4.57 Å². The van der Waals surface area contributed by atoms with Crippen LogP contribution in [-0.2, 0) is 5.41 Å². The molecule has 12 aromatic rings. The molecule has 0 fully saturated rings. The van der Waals surface area contributed by atoms with Gasteiger partial charge >= 0.3 is 0 Å². The van der Waals surface area contributed by atoms with Crippen molar-refractivity contribution in [2.75, 3.05) is 4.90 Å². The zero-order valence-electron chi connectivity index (χ0n) is 33.7. The van der Waals surface area contributed by atoms with E-state index in [2.05, 4.69) is 234 Å². The van der Waals surface area contributed by atoms with E-state index in [1.807, 2.05) is 6.07 Å². The summed E-state index contributed by atoms with van der Waals surface area (Å²) in [6.07, 6.45) is 0. The van der Waals surface area contributed by atoms with E-state index in [1.54, 1.807) is 0 Å². The summed E-state index contributed by atoms with van der Waals surface area (Å²) in [6, 6.07) is 84.1. The van der Waals surface area contributed by atoms with Crippen LogP contribution < -0.4 is 4.90 Å². The molecule has 290 valence electrons. The molecule has 1 aliphatic carbocycles. The SMILES string of the molecule is c1ccc(C2(c3ccccc3)c3ccccc3-c3ccc(N(c4ccc(-n5c6ccccc6c6ccccc65)cc4)c4ccc5ccc6c7ccccc7oc6c5c4)cc32)cc1. The van der Waals surface area contributed by atoms with Crippen LogP contribution in [0.3, 0.4) is 0 Å². The lowest BCUT2D eigenvalue weighted by Crippen LogP contribution is -2.28. The van der Waals surface area contributed by atoms with Crippen LogP contribution >= 0.6 is 0 Å². The molecule has 0 N–H and O–H groups in total. The fourth-order valence-electron chi connectivity index (χ4n) is 10.6. The van der Waals surface area contributed by atoms with Crippen molar-refractivity contribution in [3.05, 3.63) is 253 Å². The van der Waals surface area contributed by atoms with Gasteiger partial charge in [0.05, 0.1) is 16.4 Å². The van der Waals surface area contributed by atoms with Crippen LogP contribution in [0.5, 0.6) is 0 Å². The highest BCUT2D eigenvalue weighted by atomic mass is 16.3. The monoisotopic (exact) mass is 790 g/mol. The van der Waals surface area contributed by atoms with Gasteiger partial charge in [-0.25, -0.2) is 0 Å². The second-order valence-electron chi connectivity index (χ2n) is 16.4. The average Bonchev–Trinajstić information content (AvgIpc) is 3.99. The molecule has 0 saturated carbocycles. The molecule has 0 bridgehead atoms. The molecule has 13 rings (SSSR count). The number of rotatable bonds is 6. The number of nitrogens with zero attached hydrogens (tertiary/aromatic N) is 2. The van der Waals surface area contributed by atoms with Crippen LogP contribution in [0, 0.1) is 0 Å². The minimum absolute atomic E-state index is 0.527. The Bertz CT molecular complexity index is 3600. The van der Waals surface area contributed by atoms with Gasteiger partial charge in [-0.2, -0.15) is 0 Å². The summed E-state index contributed by atoms with van der Waals surface area (Å²) < 4.78 is 9.02. The van der Waals surface area contributed by atoms with Crippen molar-refractivity contribution in [3.63, 3.8) is 0 Å². The molecule has 1 aliphatic rings. The quantitative estimate of drug-likeness (QED) is 0.167. The Morgan fingerprint density at radius 3 is 1.65 bits per heavy atom. The van der Waals surface area contributed by atoms with E-state index in [9.17, 15) is 0 Å². The van der Waals surface area contributed by atoms with E-state index in [0.717, 1.165) is 55.5 Å². The Morgan fingerprint density at radius 1 is 0.371 bits per heavy atom. The average molecular weight is 791 g/mol. The van der Waals surface area contributed by atoms with Crippen LogP contribution in [0.2, 0.25) is 0 Å². The Hall–Kier alpha value is -8.14. The Balaban J connectivity index is 1.06. The Labute approximate surface area is 359 Å². The normalized spacial score (nSPS) is 13.0. The molecule has 0 saturated heterocycles. The Kier molecular flexibility index (Phi) is 7.52. The van der Waals surface area contributed by atoms with Gasteiger partial charge in [-0.3, -0.25) is 0 Å². The van der Waals surface area contributed by atoms with Gasteiger partial charge in [0.25, 0.3) is 0 Å². The third kappa shape index (κ3) is 4.94. The van der Waals surface area contributed by atoms with E-state index in [-0.39, 0.29) is 0 Å². The number of anilines is 3. The molecule has 2 heterocycles. The van der Waals surface area contributed by atoms with Gasteiger partial charge in [0, 0.05) is 49.7 Å². The van der Waals surface area contributed by atoms with E-state index < -0.39 is 5.41 Å². The molecule has 3 nitrogen and oxygen atoms in total. The van der Waals surface area contributed by atoms with E-state index in [1.165, 1.54) is 55.2 Å². The smallest absolute Gasteiger partial charge is 0.143 e. The maximum absolute atomic E-state index is 6.64. The maximum Gasteiger partial charge on any atom is 0.143 e. The van der Waals surface area contributed by atoms with Crippen molar-refractivity contribution in [1.29, 1.82) is 0 Å². The number of furan rings is 1. The van der Waals surface area contributed by atoms with Gasteiger partial charge in [0.1, 0.15) is 11.2 Å². The molecule has 0 atom stereocenters. The van der Waals surface area contributed by atoms with Crippen molar-refractivity contribution >= 4 is 71.6 Å². The molecule has 10 aromatic carbocycles. The predicted molar refractivity (Wildman–Crippen MR) is 258 cm³/mol. The lowest BCUT2D eigenvalue weighted by molar-refractivity contribution is 0.672. The Morgan fingerprint density at radius 2 is 0.919 bits per heavy atom. The van der Waals surface area contributed by atoms with Gasteiger partial charge in [-0.1, -0.05) is 158 Å². The first kappa shape index (κ1) is 34.7. The summed E-state index contributed by atoms with van der Waals surface area (Å²) in [7, 11) is 0. The van der Waals surface area contributed by atoms with E-state index >= 15 is 0 Å². The summed E-state index contributed by atoms with van der Waals surface area (Å²) in [5, 5.41) is 6.97. The second-order valence-corrected chi connectivity index (χ2v) is 16.4. The number of fused-ring (bicyclic) bond motifs is 11. The first-order chi connectivity index (χ1) is 30.8. The third-order valence-corrected chi connectivity index (χ3v) is 13.2. The van der Waals surface area contributed by atoms with Crippen LogP contribution in [0.15, 0.2) is 235 Å². The first-order valence-corrected chi connectivity index (χ1v) is 21.3.